The molecule has 0 bridgehead atoms. The molecule has 0 N–H and O–H groups in total. The monoisotopic (exact) mass is 306 g/mol. The highest BCUT2D eigenvalue weighted by molar-refractivity contribution is 6.17. The summed E-state index contributed by atoms with van der Waals surface area (Å²) >= 11 is 5.85. The molecule has 0 fully saturated rings. The Kier molecular flexibility index (Phi) is 4.75. The quantitative estimate of drug-likeness (QED) is 0.477. The number of aromatic nitrogens is 1. The van der Waals surface area contributed by atoms with Crippen LogP contribution in [0.4, 0.5) is 5.69 Å². The van der Waals surface area contributed by atoms with E-state index in [1.54, 1.807) is 13.0 Å². The second-order valence-corrected chi connectivity index (χ2v) is 4.91. The third kappa shape index (κ3) is 3.49. The predicted octanol–water partition coefficient (Wildman–Crippen LogP) is 3.92. The van der Waals surface area contributed by atoms with Crippen LogP contribution in [0.1, 0.15) is 22.5 Å². The summed E-state index contributed by atoms with van der Waals surface area (Å²) in [5, 5.41) is 10.9. The van der Waals surface area contributed by atoms with E-state index in [4.69, 9.17) is 16.3 Å². The molecule has 0 amide bonds. The largest absolute Gasteiger partial charge is 0.487 e. The molecule has 110 valence electrons. The molecule has 6 heteroatoms. The molecule has 2 aromatic rings. The minimum absolute atomic E-state index is 0.0932. The van der Waals surface area contributed by atoms with Gasteiger partial charge in [0.15, 0.2) is 0 Å². The Hall–Kier alpha value is -2.14. The lowest BCUT2D eigenvalue weighted by atomic mass is 10.1. The van der Waals surface area contributed by atoms with Crippen molar-refractivity contribution in [3.8, 4) is 5.75 Å². The number of aryl methyl sites for hydroxylation is 1. The lowest BCUT2D eigenvalue weighted by Crippen LogP contribution is -2.03. The highest BCUT2D eigenvalue weighted by Crippen LogP contribution is 2.24. The first-order valence-electron chi connectivity index (χ1n) is 6.41. The van der Waals surface area contributed by atoms with E-state index in [-0.39, 0.29) is 18.2 Å². The molecular formula is C15H15ClN2O3. The van der Waals surface area contributed by atoms with Gasteiger partial charge in [-0.1, -0.05) is 12.1 Å². The molecule has 0 aliphatic rings. The lowest BCUT2D eigenvalue weighted by molar-refractivity contribution is -0.385. The van der Waals surface area contributed by atoms with Crippen molar-refractivity contribution in [2.45, 2.75) is 26.3 Å². The summed E-state index contributed by atoms with van der Waals surface area (Å²) in [6.07, 6.45) is 0. The molecule has 1 aromatic carbocycles. The average molecular weight is 307 g/mol. The highest BCUT2D eigenvalue weighted by atomic mass is 35.5. The first kappa shape index (κ1) is 15.3. The molecule has 0 aliphatic carbocycles. The van der Waals surface area contributed by atoms with Crippen LogP contribution in [-0.4, -0.2) is 9.91 Å². The van der Waals surface area contributed by atoms with Crippen molar-refractivity contribution in [2.24, 2.45) is 0 Å². The Morgan fingerprint density at radius 3 is 2.71 bits per heavy atom. The number of alkyl halides is 1. The van der Waals surface area contributed by atoms with Crippen molar-refractivity contribution < 1.29 is 9.66 Å². The van der Waals surface area contributed by atoms with E-state index in [9.17, 15) is 10.1 Å². The van der Waals surface area contributed by atoms with Gasteiger partial charge in [-0.2, -0.15) is 0 Å². The van der Waals surface area contributed by atoms with Crippen molar-refractivity contribution >= 4 is 17.3 Å². The van der Waals surface area contributed by atoms with E-state index in [0.29, 0.717) is 17.0 Å². The van der Waals surface area contributed by atoms with Crippen LogP contribution in [0.2, 0.25) is 0 Å². The molecule has 21 heavy (non-hydrogen) atoms. The van der Waals surface area contributed by atoms with E-state index >= 15 is 0 Å². The summed E-state index contributed by atoms with van der Waals surface area (Å²) < 4.78 is 5.72. The third-order valence-electron chi connectivity index (χ3n) is 3.20. The standard InChI is InChI=1S/C15H15ClN2O3/c1-10-6-7-15(13(8-16)17-10)21-9-12-4-3-5-14(11(12)2)18(19)20/h3-7H,8-9H2,1-2H3. The maximum Gasteiger partial charge on any atom is 0.272 e. The van der Waals surface area contributed by atoms with Gasteiger partial charge in [-0.3, -0.25) is 15.1 Å². The van der Waals surface area contributed by atoms with Crippen LogP contribution in [-0.2, 0) is 12.5 Å². The molecule has 0 atom stereocenters. The van der Waals surface area contributed by atoms with Gasteiger partial charge < -0.3 is 4.74 Å². The Balaban J connectivity index is 2.21. The van der Waals surface area contributed by atoms with Crippen LogP contribution in [0.5, 0.6) is 5.75 Å². The predicted molar refractivity (Wildman–Crippen MR) is 80.7 cm³/mol. The fraction of sp³-hybridized carbons (Fsp3) is 0.267. The summed E-state index contributed by atoms with van der Waals surface area (Å²) in [7, 11) is 0. The smallest absolute Gasteiger partial charge is 0.272 e. The number of hydrogen-bond acceptors (Lipinski definition) is 4. The Morgan fingerprint density at radius 2 is 2.05 bits per heavy atom. The fourth-order valence-corrected chi connectivity index (χ4v) is 2.20. The van der Waals surface area contributed by atoms with Gasteiger partial charge in [0.1, 0.15) is 12.4 Å². The van der Waals surface area contributed by atoms with Gasteiger partial charge >= 0.3 is 0 Å². The number of nitro groups is 1. The number of ether oxygens (including phenoxy) is 1. The summed E-state index contributed by atoms with van der Waals surface area (Å²) in [5.41, 5.74) is 3.00. The number of halogens is 1. The average Bonchev–Trinajstić information content (AvgIpc) is 2.46. The SMILES string of the molecule is Cc1ccc(OCc2cccc([N+](=O)[O-])c2C)c(CCl)n1. The van der Waals surface area contributed by atoms with Crippen LogP contribution in [0.3, 0.4) is 0 Å². The number of benzene rings is 1. The topological polar surface area (TPSA) is 65.3 Å². The van der Waals surface area contributed by atoms with Gasteiger partial charge in [0, 0.05) is 17.3 Å². The second kappa shape index (κ2) is 6.54. The van der Waals surface area contributed by atoms with E-state index in [1.165, 1.54) is 6.07 Å². The van der Waals surface area contributed by atoms with Crippen molar-refractivity contribution in [3.05, 3.63) is 63.0 Å². The molecule has 5 nitrogen and oxygen atoms in total. The maximum absolute atomic E-state index is 10.9. The summed E-state index contributed by atoms with van der Waals surface area (Å²) in [4.78, 5) is 14.8. The van der Waals surface area contributed by atoms with E-state index in [1.807, 2.05) is 25.1 Å². The summed E-state index contributed by atoms with van der Waals surface area (Å²) in [5.74, 6) is 0.854. The first-order valence-corrected chi connectivity index (χ1v) is 6.94. The lowest BCUT2D eigenvalue weighted by Gasteiger charge is -2.11. The molecule has 0 saturated carbocycles. The molecule has 1 heterocycles. The van der Waals surface area contributed by atoms with Gasteiger partial charge in [0.25, 0.3) is 5.69 Å². The second-order valence-electron chi connectivity index (χ2n) is 4.64. The van der Waals surface area contributed by atoms with Crippen LogP contribution in [0, 0.1) is 24.0 Å². The summed E-state index contributed by atoms with van der Waals surface area (Å²) in [6, 6.07) is 8.60. The molecule has 0 radical (unpaired) electrons. The molecule has 2 rings (SSSR count). The molecule has 0 unspecified atom stereocenters. The highest BCUT2D eigenvalue weighted by Gasteiger charge is 2.14. The van der Waals surface area contributed by atoms with Crippen molar-refractivity contribution in [2.75, 3.05) is 0 Å². The van der Waals surface area contributed by atoms with Crippen molar-refractivity contribution in [1.82, 2.24) is 4.98 Å². The Labute approximate surface area is 127 Å². The Morgan fingerprint density at radius 1 is 1.29 bits per heavy atom. The van der Waals surface area contributed by atoms with E-state index in [0.717, 1.165) is 11.3 Å². The third-order valence-corrected chi connectivity index (χ3v) is 3.45. The maximum atomic E-state index is 10.9. The normalized spacial score (nSPS) is 10.4. The first-order chi connectivity index (χ1) is 10.0. The minimum Gasteiger partial charge on any atom is -0.487 e. The number of pyridine rings is 1. The number of hydrogen-bond donors (Lipinski definition) is 0. The minimum atomic E-state index is -0.392. The van der Waals surface area contributed by atoms with Crippen molar-refractivity contribution in [1.29, 1.82) is 0 Å². The number of rotatable bonds is 5. The molecule has 0 aliphatic heterocycles. The molecule has 0 spiro atoms. The zero-order valence-electron chi connectivity index (χ0n) is 11.8. The van der Waals surface area contributed by atoms with Gasteiger partial charge in [0.2, 0.25) is 0 Å². The van der Waals surface area contributed by atoms with Gasteiger partial charge in [-0.25, -0.2) is 0 Å². The zero-order valence-corrected chi connectivity index (χ0v) is 12.6. The number of nitro benzene ring substituents is 1. The van der Waals surface area contributed by atoms with E-state index in [2.05, 4.69) is 4.98 Å². The molecule has 0 saturated heterocycles. The Bertz CT molecular complexity index is 674. The fourth-order valence-electron chi connectivity index (χ4n) is 2.00. The zero-order chi connectivity index (χ0) is 15.4. The van der Waals surface area contributed by atoms with Gasteiger partial charge in [0.05, 0.1) is 16.5 Å². The van der Waals surface area contributed by atoms with Crippen molar-refractivity contribution in [3.63, 3.8) is 0 Å². The summed E-state index contributed by atoms with van der Waals surface area (Å²) in [6.45, 7) is 3.83. The van der Waals surface area contributed by atoms with E-state index < -0.39 is 4.92 Å². The van der Waals surface area contributed by atoms with Crippen LogP contribution < -0.4 is 4.74 Å². The molecular weight excluding hydrogens is 292 g/mol. The van der Waals surface area contributed by atoms with Crippen LogP contribution in [0.25, 0.3) is 0 Å². The molecule has 1 aromatic heterocycles. The number of nitrogens with zero attached hydrogens (tertiary/aromatic N) is 2. The van der Waals surface area contributed by atoms with Gasteiger partial charge in [-0.15, -0.1) is 11.6 Å². The van der Waals surface area contributed by atoms with Gasteiger partial charge in [-0.05, 0) is 31.5 Å². The van der Waals surface area contributed by atoms with Crippen LogP contribution in [0.15, 0.2) is 30.3 Å². The van der Waals surface area contributed by atoms with Crippen LogP contribution >= 0.6 is 11.6 Å².